The van der Waals surface area contributed by atoms with Crippen molar-refractivity contribution in [3.05, 3.63) is 29.8 Å². The van der Waals surface area contributed by atoms with Gasteiger partial charge in [0, 0.05) is 18.5 Å². The van der Waals surface area contributed by atoms with Crippen LogP contribution in [0.2, 0.25) is 0 Å². The third kappa shape index (κ3) is 4.26. The molecular weight excluding hydrogens is 218 g/mol. The van der Waals surface area contributed by atoms with Crippen LogP contribution in [0.1, 0.15) is 23.7 Å². The summed E-state index contributed by atoms with van der Waals surface area (Å²) >= 11 is 0. The number of rotatable bonds is 6. The van der Waals surface area contributed by atoms with Crippen molar-refractivity contribution >= 4 is 12.2 Å². The lowest BCUT2D eigenvalue weighted by molar-refractivity contribution is -0.108. The Balaban J connectivity index is 2.49. The fourth-order valence-corrected chi connectivity index (χ4v) is 1.36. The number of carbonyl (C=O) groups is 2. The molecule has 0 fully saturated rings. The Morgan fingerprint density at radius 2 is 2.06 bits per heavy atom. The van der Waals surface area contributed by atoms with Gasteiger partial charge >= 0.3 is 0 Å². The summed E-state index contributed by atoms with van der Waals surface area (Å²) in [6.07, 6.45) is 1.33. The maximum absolute atomic E-state index is 11.7. The molecule has 0 aliphatic rings. The highest BCUT2D eigenvalue weighted by Crippen LogP contribution is 2.11. The topological polar surface area (TPSA) is 55.4 Å². The molecule has 17 heavy (non-hydrogen) atoms. The summed E-state index contributed by atoms with van der Waals surface area (Å²) < 4.78 is 5.01. The van der Waals surface area contributed by atoms with Crippen molar-refractivity contribution in [2.24, 2.45) is 5.92 Å². The molecule has 0 aromatic heterocycles. The van der Waals surface area contributed by atoms with Gasteiger partial charge in [-0.15, -0.1) is 0 Å². The van der Waals surface area contributed by atoms with Gasteiger partial charge in [0.15, 0.2) is 0 Å². The van der Waals surface area contributed by atoms with Crippen LogP contribution in [0.5, 0.6) is 5.75 Å². The van der Waals surface area contributed by atoms with Crippen LogP contribution in [0.4, 0.5) is 0 Å². The maximum atomic E-state index is 11.7. The Morgan fingerprint density at radius 1 is 1.41 bits per heavy atom. The molecule has 1 aromatic carbocycles. The predicted molar refractivity (Wildman–Crippen MR) is 65.2 cm³/mol. The van der Waals surface area contributed by atoms with E-state index in [1.54, 1.807) is 31.4 Å². The van der Waals surface area contributed by atoms with Crippen molar-refractivity contribution in [1.29, 1.82) is 0 Å². The van der Waals surface area contributed by atoms with E-state index < -0.39 is 0 Å². The molecule has 4 heteroatoms. The number of ether oxygens (including phenoxy) is 1. The van der Waals surface area contributed by atoms with Gasteiger partial charge in [0.1, 0.15) is 12.0 Å². The van der Waals surface area contributed by atoms with Gasteiger partial charge in [0.2, 0.25) is 0 Å². The molecule has 1 amide bonds. The monoisotopic (exact) mass is 235 g/mol. The number of carbonyl (C=O) groups excluding carboxylic acids is 2. The lowest BCUT2D eigenvalue weighted by Gasteiger charge is -2.09. The molecular formula is C13H17NO3. The number of aldehydes is 1. The van der Waals surface area contributed by atoms with Crippen LogP contribution in [0.3, 0.4) is 0 Å². The molecule has 1 rings (SSSR count). The minimum Gasteiger partial charge on any atom is -0.497 e. The summed E-state index contributed by atoms with van der Waals surface area (Å²) in [5, 5.41) is 2.78. The van der Waals surface area contributed by atoms with Crippen molar-refractivity contribution < 1.29 is 14.3 Å². The molecule has 0 saturated heterocycles. The lowest BCUT2D eigenvalue weighted by atomic mass is 10.1. The van der Waals surface area contributed by atoms with Crippen LogP contribution < -0.4 is 10.1 Å². The van der Waals surface area contributed by atoms with E-state index in [4.69, 9.17) is 4.74 Å². The Morgan fingerprint density at radius 3 is 2.59 bits per heavy atom. The first-order valence-corrected chi connectivity index (χ1v) is 5.53. The molecule has 0 heterocycles. The van der Waals surface area contributed by atoms with Gasteiger partial charge in [0.25, 0.3) is 5.91 Å². The van der Waals surface area contributed by atoms with Crippen LogP contribution in [0.25, 0.3) is 0 Å². The second-order valence-corrected chi connectivity index (χ2v) is 3.95. The molecule has 0 aliphatic heterocycles. The number of benzene rings is 1. The standard InChI is InChI=1S/C13H17NO3/c1-10(7-8-15)9-14-13(16)11-3-5-12(17-2)6-4-11/h3-6,8,10H,7,9H2,1-2H3,(H,14,16). The van der Waals surface area contributed by atoms with E-state index in [9.17, 15) is 9.59 Å². The van der Waals surface area contributed by atoms with E-state index >= 15 is 0 Å². The van der Waals surface area contributed by atoms with Gasteiger partial charge in [-0.1, -0.05) is 6.92 Å². The van der Waals surface area contributed by atoms with E-state index in [0.717, 1.165) is 12.0 Å². The van der Waals surface area contributed by atoms with E-state index in [-0.39, 0.29) is 11.8 Å². The summed E-state index contributed by atoms with van der Waals surface area (Å²) in [7, 11) is 1.58. The first kappa shape index (κ1) is 13.2. The Labute approximate surface area is 101 Å². The molecule has 92 valence electrons. The largest absolute Gasteiger partial charge is 0.497 e. The quantitative estimate of drug-likeness (QED) is 0.763. The molecule has 1 atom stereocenters. The van der Waals surface area contributed by atoms with E-state index in [2.05, 4.69) is 5.32 Å². The first-order valence-electron chi connectivity index (χ1n) is 5.53. The highest BCUT2D eigenvalue weighted by molar-refractivity contribution is 5.94. The molecule has 0 aliphatic carbocycles. The molecule has 4 nitrogen and oxygen atoms in total. The number of methoxy groups -OCH3 is 1. The van der Waals surface area contributed by atoms with E-state index in [0.29, 0.717) is 18.5 Å². The third-order valence-corrected chi connectivity index (χ3v) is 2.46. The summed E-state index contributed by atoms with van der Waals surface area (Å²) in [6.45, 7) is 2.42. The van der Waals surface area contributed by atoms with Crippen LogP contribution >= 0.6 is 0 Å². The normalized spacial score (nSPS) is 11.6. The van der Waals surface area contributed by atoms with E-state index in [1.807, 2.05) is 6.92 Å². The Kier molecular flexibility index (Phi) is 5.20. The SMILES string of the molecule is COc1ccc(C(=O)NCC(C)CC=O)cc1. The summed E-state index contributed by atoms with van der Waals surface area (Å²) in [4.78, 5) is 22.0. The van der Waals surface area contributed by atoms with Gasteiger partial charge in [0.05, 0.1) is 7.11 Å². The van der Waals surface area contributed by atoms with Crippen LogP contribution in [-0.4, -0.2) is 25.8 Å². The van der Waals surface area contributed by atoms with Gasteiger partial charge in [-0.2, -0.15) is 0 Å². The average molecular weight is 235 g/mol. The minimum atomic E-state index is -0.134. The van der Waals surface area contributed by atoms with Gasteiger partial charge in [-0.05, 0) is 30.2 Å². The maximum Gasteiger partial charge on any atom is 0.251 e. The first-order chi connectivity index (χ1) is 8.17. The summed E-state index contributed by atoms with van der Waals surface area (Å²) in [6, 6.07) is 6.89. The predicted octanol–water partition coefficient (Wildman–Crippen LogP) is 1.65. The number of nitrogens with one attached hydrogen (secondary N) is 1. The smallest absolute Gasteiger partial charge is 0.251 e. The highest BCUT2D eigenvalue weighted by atomic mass is 16.5. The van der Waals surface area contributed by atoms with Crippen LogP contribution in [-0.2, 0) is 4.79 Å². The van der Waals surface area contributed by atoms with Gasteiger partial charge in [-0.25, -0.2) is 0 Å². The zero-order valence-corrected chi connectivity index (χ0v) is 10.1. The second-order valence-electron chi connectivity index (χ2n) is 3.95. The molecule has 0 spiro atoms. The fourth-order valence-electron chi connectivity index (χ4n) is 1.36. The molecule has 0 bridgehead atoms. The van der Waals surface area contributed by atoms with Crippen LogP contribution in [0, 0.1) is 5.92 Å². The van der Waals surface area contributed by atoms with Crippen molar-refractivity contribution in [3.8, 4) is 5.75 Å². The van der Waals surface area contributed by atoms with E-state index in [1.165, 1.54) is 0 Å². The van der Waals surface area contributed by atoms with Gasteiger partial charge in [-0.3, -0.25) is 4.79 Å². The Hall–Kier alpha value is -1.84. The van der Waals surface area contributed by atoms with Gasteiger partial charge < -0.3 is 14.8 Å². The summed E-state index contributed by atoms with van der Waals surface area (Å²) in [5.74, 6) is 0.746. The number of hydrogen-bond donors (Lipinski definition) is 1. The molecule has 0 radical (unpaired) electrons. The zero-order valence-electron chi connectivity index (χ0n) is 10.1. The van der Waals surface area contributed by atoms with Crippen LogP contribution in [0.15, 0.2) is 24.3 Å². The minimum absolute atomic E-state index is 0.134. The number of hydrogen-bond acceptors (Lipinski definition) is 3. The highest BCUT2D eigenvalue weighted by Gasteiger charge is 2.07. The van der Waals surface area contributed by atoms with Crippen molar-refractivity contribution in [2.75, 3.05) is 13.7 Å². The second kappa shape index (κ2) is 6.68. The third-order valence-electron chi connectivity index (χ3n) is 2.46. The number of amides is 1. The molecule has 1 unspecified atom stereocenters. The van der Waals surface area contributed by atoms with Crippen molar-refractivity contribution in [2.45, 2.75) is 13.3 Å². The Bertz CT molecular complexity index is 373. The van der Waals surface area contributed by atoms with Crippen molar-refractivity contribution in [3.63, 3.8) is 0 Å². The lowest BCUT2D eigenvalue weighted by Crippen LogP contribution is -2.28. The fraction of sp³-hybridized carbons (Fsp3) is 0.385. The van der Waals surface area contributed by atoms with Crippen molar-refractivity contribution in [1.82, 2.24) is 5.32 Å². The molecule has 1 N–H and O–H groups in total. The molecule has 1 aromatic rings. The average Bonchev–Trinajstić information content (AvgIpc) is 2.36. The summed E-state index contributed by atoms with van der Waals surface area (Å²) in [5.41, 5.74) is 0.587. The zero-order chi connectivity index (χ0) is 12.7. The molecule has 0 saturated carbocycles.